The van der Waals surface area contributed by atoms with Crippen LogP contribution >= 0.6 is 11.8 Å². The number of hydrogen-bond acceptors (Lipinski definition) is 3. The van der Waals surface area contributed by atoms with E-state index in [1.807, 2.05) is 17.8 Å². The Morgan fingerprint density at radius 1 is 1.29 bits per heavy atom. The van der Waals surface area contributed by atoms with Gasteiger partial charge in [-0.25, -0.2) is 4.79 Å². The molecule has 1 fully saturated rings. The van der Waals surface area contributed by atoms with E-state index in [0.717, 1.165) is 24.3 Å². The van der Waals surface area contributed by atoms with E-state index >= 15 is 0 Å². The summed E-state index contributed by atoms with van der Waals surface area (Å²) in [6, 6.07) is 8.95. The summed E-state index contributed by atoms with van der Waals surface area (Å²) in [5, 5.41) is 12.5. The Labute approximate surface area is 129 Å². The predicted octanol–water partition coefficient (Wildman–Crippen LogP) is 2.64. The van der Waals surface area contributed by atoms with Gasteiger partial charge in [-0.2, -0.15) is 11.8 Å². The summed E-state index contributed by atoms with van der Waals surface area (Å²) in [7, 11) is 0. The Morgan fingerprint density at radius 2 is 1.90 bits per heavy atom. The summed E-state index contributed by atoms with van der Waals surface area (Å²) in [5.74, 6) is 0.726. The molecule has 21 heavy (non-hydrogen) atoms. The normalized spacial score (nSPS) is 18.7. The van der Waals surface area contributed by atoms with E-state index in [4.69, 9.17) is 0 Å². The van der Waals surface area contributed by atoms with Crippen LogP contribution in [-0.2, 0) is 15.1 Å². The second kappa shape index (κ2) is 6.98. The number of rotatable bonds is 5. The highest BCUT2D eigenvalue weighted by Gasteiger charge is 2.41. The molecule has 1 aliphatic rings. The Kier molecular flexibility index (Phi) is 5.28. The zero-order chi connectivity index (χ0) is 15.3. The fourth-order valence-corrected chi connectivity index (χ4v) is 3.79. The van der Waals surface area contributed by atoms with E-state index in [1.165, 1.54) is 0 Å². The number of thioether (sulfide) groups is 1. The van der Waals surface area contributed by atoms with Crippen LogP contribution in [0.2, 0.25) is 0 Å². The molecular weight excluding hydrogens is 286 g/mol. The van der Waals surface area contributed by atoms with Crippen molar-refractivity contribution < 1.29 is 14.7 Å². The van der Waals surface area contributed by atoms with Gasteiger partial charge in [-0.1, -0.05) is 37.3 Å². The van der Waals surface area contributed by atoms with Crippen molar-refractivity contribution in [2.75, 3.05) is 11.5 Å². The molecule has 1 amide bonds. The van der Waals surface area contributed by atoms with E-state index in [0.29, 0.717) is 12.0 Å². The number of nitrogens with one attached hydrogen (secondary N) is 1. The Balaban J connectivity index is 2.24. The van der Waals surface area contributed by atoms with Crippen LogP contribution in [0.15, 0.2) is 30.3 Å². The van der Waals surface area contributed by atoms with Crippen LogP contribution in [-0.4, -0.2) is 28.5 Å². The van der Waals surface area contributed by atoms with Crippen LogP contribution in [0.4, 0.5) is 0 Å². The van der Waals surface area contributed by atoms with E-state index in [2.05, 4.69) is 5.32 Å². The first kappa shape index (κ1) is 15.9. The smallest absolute Gasteiger partial charge is 0.334 e. The van der Waals surface area contributed by atoms with Crippen molar-refractivity contribution in [3.8, 4) is 0 Å². The minimum atomic E-state index is -1.33. The third-order valence-corrected chi connectivity index (χ3v) is 5.14. The molecular formula is C16H21NO3S. The van der Waals surface area contributed by atoms with Crippen molar-refractivity contribution in [2.24, 2.45) is 5.92 Å². The average Bonchev–Trinajstić information content (AvgIpc) is 2.54. The first-order chi connectivity index (χ1) is 10.1. The van der Waals surface area contributed by atoms with Crippen molar-refractivity contribution in [1.29, 1.82) is 0 Å². The average molecular weight is 307 g/mol. The van der Waals surface area contributed by atoms with Gasteiger partial charge in [0.2, 0.25) is 5.91 Å². The molecule has 1 aliphatic heterocycles. The number of carboxylic acid groups (broad SMARTS) is 1. The van der Waals surface area contributed by atoms with Crippen LogP contribution in [0.5, 0.6) is 0 Å². The van der Waals surface area contributed by atoms with Crippen LogP contribution in [0, 0.1) is 5.92 Å². The van der Waals surface area contributed by atoms with Crippen molar-refractivity contribution in [1.82, 2.24) is 5.32 Å². The van der Waals surface area contributed by atoms with Crippen LogP contribution < -0.4 is 5.32 Å². The fraction of sp³-hybridized carbons (Fsp3) is 0.500. The Bertz CT molecular complexity index is 500. The largest absolute Gasteiger partial charge is 0.479 e. The highest BCUT2D eigenvalue weighted by molar-refractivity contribution is 7.99. The van der Waals surface area contributed by atoms with E-state index in [1.54, 1.807) is 31.2 Å². The number of carbonyl (C=O) groups excluding carboxylic acids is 1. The maximum Gasteiger partial charge on any atom is 0.334 e. The number of carbonyl (C=O) groups is 2. The molecule has 0 radical (unpaired) electrons. The SMILES string of the molecule is CCC(NC(=O)C1CCSCC1)(C(=O)O)c1ccccc1. The summed E-state index contributed by atoms with van der Waals surface area (Å²) in [5.41, 5.74) is -0.707. The van der Waals surface area contributed by atoms with Crippen molar-refractivity contribution >= 4 is 23.6 Å². The van der Waals surface area contributed by atoms with Gasteiger partial charge >= 0.3 is 5.97 Å². The summed E-state index contributed by atoms with van der Waals surface area (Å²) in [6.07, 6.45) is 1.97. The molecule has 1 aromatic carbocycles. The molecule has 0 aliphatic carbocycles. The van der Waals surface area contributed by atoms with E-state index in [-0.39, 0.29) is 11.8 Å². The van der Waals surface area contributed by atoms with Gasteiger partial charge in [0, 0.05) is 5.92 Å². The number of aliphatic carboxylic acids is 1. The molecule has 0 bridgehead atoms. The maximum atomic E-state index is 12.5. The number of carboxylic acids is 1. The van der Waals surface area contributed by atoms with Crippen LogP contribution in [0.1, 0.15) is 31.7 Å². The lowest BCUT2D eigenvalue weighted by atomic mass is 9.86. The van der Waals surface area contributed by atoms with Crippen LogP contribution in [0.25, 0.3) is 0 Å². The van der Waals surface area contributed by atoms with Crippen molar-refractivity contribution in [2.45, 2.75) is 31.7 Å². The van der Waals surface area contributed by atoms with Gasteiger partial charge in [0.25, 0.3) is 0 Å². The summed E-state index contributed by atoms with van der Waals surface area (Å²) in [6.45, 7) is 1.79. The summed E-state index contributed by atoms with van der Waals surface area (Å²) < 4.78 is 0. The second-order valence-electron chi connectivity index (χ2n) is 5.31. The molecule has 2 rings (SSSR count). The lowest BCUT2D eigenvalue weighted by Gasteiger charge is -2.32. The first-order valence-corrected chi connectivity index (χ1v) is 8.44. The third-order valence-electron chi connectivity index (χ3n) is 4.09. The fourth-order valence-electron chi connectivity index (χ4n) is 2.69. The Morgan fingerprint density at radius 3 is 2.43 bits per heavy atom. The molecule has 1 heterocycles. The molecule has 1 atom stereocenters. The van der Waals surface area contributed by atoms with Crippen LogP contribution in [0.3, 0.4) is 0 Å². The first-order valence-electron chi connectivity index (χ1n) is 7.29. The predicted molar refractivity (Wildman–Crippen MR) is 84.2 cm³/mol. The quantitative estimate of drug-likeness (QED) is 0.877. The molecule has 2 N–H and O–H groups in total. The van der Waals surface area contributed by atoms with E-state index < -0.39 is 11.5 Å². The third kappa shape index (κ3) is 3.40. The number of benzene rings is 1. The second-order valence-corrected chi connectivity index (χ2v) is 6.53. The maximum absolute atomic E-state index is 12.5. The standard InChI is InChI=1S/C16H21NO3S/c1-2-16(15(19)20,13-6-4-3-5-7-13)17-14(18)12-8-10-21-11-9-12/h3-7,12H,2,8-11H2,1H3,(H,17,18)(H,19,20). The van der Waals surface area contributed by atoms with Gasteiger partial charge in [0.05, 0.1) is 0 Å². The highest BCUT2D eigenvalue weighted by atomic mass is 32.2. The summed E-state index contributed by atoms with van der Waals surface area (Å²) >= 11 is 1.85. The van der Waals surface area contributed by atoms with Gasteiger partial charge in [-0.15, -0.1) is 0 Å². The summed E-state index contributed by atoms with van der Waals surface area (Å²) in [4.78, 5) is 24.3. The van der Waals surface area contributed by atoms with Crippen molar-refractivity contribution in [3.63, 3.8) is 0 Å². The molecule has 4 nitrogen and oxygen atoms in total. The zero-order valence-corrected chi connectivity index (χ0v) is 13.0. The lowest BCUT2D eigenvalue weighted by molar-refractivity contribution is -0.149. The van der Waals surface area contributed by atoms with Gasteiger partial charge in [0.1, 0.15) is 0 Å². The molecule has 0 saturated carbocycles. The minimum Gasteiger partial charge on any atom is -0.479 e. The zero-order valence-electron chi connectivity index (χ0n) is 12.2. The topological polar surface area (TPSA) is 66.4 Å². The monoisotopic (exact) mass is 307 g/mol. The van der Waals surface area contributed by atoms with Gasteiger partial charge in [0.15, 0.2) is 5.54 Å². The molecule has 0 spiro atoms. The minimum absolute atomic E-state index is 0.0692. The van der Waals surface area contributed by atoms with Gasteiger partial charge in [-0.3, -0.25) is 4.79 Å². The van der Waals surface area contributed by atoms with Gasteiger partial charge in [-0.05, 0) is 36.3 Å². The van der Waals surface area contributed by atoms with Gasteiger partial charge < -0.3 is 10.4 Å². The van der Waals surface area contributed by atoms with E-state index in [9.17, 15) is 14.7 Å². The highest BCUT2D eigenvalue weighted by Crippen LogP contribution is 2.28. The molecule has 1 aromatic rings. The number of hydrogen-bond donors (Lipinski definition) is 2. The molecule has 1 unspecified atom stereocenters. The molecule has 5 heteroatoms. The lowest BCUT2D eigenvalue weighted by Crippen LogP contribution is -2.53. The Hall–Kier alpha value is -1.49. The molecule has 0 aromatic heterocycles. The molecule has 1 saturated heterocycles. The van der Waals surface area contributed by atoms with Crippen molar-refractivity contribution in [3.05, 3.63) is 35.9 Å². The number of amides is 1. The molecule has 114 valence electrons.